The number of hydrogen-bond donors (Lipinski definition) is 9. The second kappa shape index (κ2) is 45.0. The Morgan fingerprint density at radius 1 is 0.644 bits per heavy atom. The summed E-state index contributed by atoms with van der Waals surface area (Å²) in [7, 11) is 4.34. The third-order valence-electron chi connectivity index (χ3n) is 15.3. The number of likely N-dealkylation sites (tertiary alicyclic amines) is 1. The van der Waals surface area contributed by atoms with E-state index in [9.17, 15) is 4.79 Å². The summed E-state index contributed by atoms with van der Waals surface area (Å²) < 4.78 is 27.9. The van der Waals surface area contributed by atoms with Crippen LogP contribution in [0.25, 0.3) is 0 Å². The Labute approximate surface area is 548 Å². The molecule has 4 aliphatic carbocycles. The van der Waals surface area contributed by atoms with Crippen LogP contribution in [0.15, 0.2) is 96.0 Å². The van der Waals surface area contributed by atoms with Crippen LogP contribution in [0.5, 0.6) is 23.0 Å². The van der Waals surface area contributed by atoms with Gasteiger partial charge in [-0.3, -0.25) is 4.79 Å². The number of aromatic nitrogens is 5. The van der Waals surface area contributed by atoms with Gasteiger partial charge in [0.25, 0.3) is 0 Å². The van der Waals surface area contributed by atoms with Crippen molar-refractivity contribution in [2.75, 3.05) is 74.8 Å². The number of aliphatic hydroxyl groups is 1. The summed E-state index contributed by atoms with van der Waals surface area (Å²) in [6, 6.07) is 12.2. The van der Waals surface area contributed by atoms with Crippen LogP contribution in [0, 0.1) is 35.1 Å². The molecule has 13 N–H and O–H groups in total. The van der Waals surface area contributed by atoms with Gasteiger partial charge in [-0.15, -0.1) is 0 Å². The molecule has 1 radical (unpaired) electrons. The van der Waals surface area contributed by atoms with Gasteiger partial charge in [-0.25, -0.2) is 19.9 Å². The Morgan fingerprint density at radius 3 is 1.51 bits per heavy atom. The van der Waals surface area contributed by atoms with E-state index in [1.54, 1.807) is 54.0 Å². The molecular formula is C62H95BBr3N14O6S. The number of aromatic amines is 1. The number of nitriles is 1. The number of hydrogen-bond acceptors (Lipinski definition) is 20. The summed E-state index contributed by atoms with van der Waals surface area (Å²) in [6.45, 7) is 7.43. The number of halogens is 3. The minimum atomic E-state index is -0.0683. The van der Waals surface area contributed by atoms with Crippen molar-refractivity contribution in [1.29, 1.82) is 5.26 Å². The van der Waals surface area contributed by atoms with Gasteiger partial charge in [0, 0.05) is 86.6 Å². The number of aliphatic hydroxyl groups excluding tert-OH is 1. The minimum absolute atomic E-state index is 0. The molecule has 0 unspecified atom stereocenters. The number of ether oxygens (including phenoxy) is 4. The Morgan fingerprint density at radius 2 is 1.10 bits per heavy atom. The van der Waals surface area contributed by atoms with Gasteiger partial charge in [-0.2, -0.15) is 5.26 Å². The molecule has 2 atom stereocenters. The quantitative estimate of drug-likeness (QED) is 0.0283. The van der Waals surface area contributed by atoms with Crippen LogP contribution in [0.1, 0.15) is 149 Å². The number of anilines is 5. The molecule has 0 bridgehead atoms. The summed E-state index contributed by atoms with van der Waals surface area (Å²) in [5.41, 5.74) is 27.5. The average molecular weight is 1420 g/mol. The topological polar surface area (TPSA) is 323 Å². The standard InChI is InChI=1S/C11H13BrN4O.C11H15BrN2O.C11H16N2O.C10H14BrN3O.C7H14.C6H12O.C5H6N2O.CH4.BHNS/c12-9-5-15-11(14)4-10(9)17-6-8-2-1-3-16(8)7-13;12-9-6-14-11(13)5-10(9)15-7-8-3-1-2-4-8;12-11-7-10(5-6-13-11)14-8-9-3-1-2-4-9;11-8-5-14-10(12)4-9(8)15-6-7-2-1-3-13-7;1-2-7-5-3-4-6-7;7-5-6-3-1-2-4-6;6-5-3-4(8)1-2-7-5;;1-2-3/h4-5,8H,1-3,6H2,(H2,14,15);5-6,8H,1-4,7H2,(H2,13,14);5-7,9H,1-4,8H2,(H2,12,13);4-5,7,13H,1-3,6H2,(H2,12,14);7H,2-6H2,1H3;6-7H,1-5H2;1-3H,(H3,6,7,8);1H4;3H/t8-;;;7-;;;;;/m0..0...../s1. The molecule has 6 fully saturated rings. The Bertz CT molecular complexity index is 2680. The Balaban J connectivity index is 0.000000269. The van der Waals surface area contributed by atoms with Crippen molar-refractivity contribution in [3.63, 3.8) is 0 Å². The number of thiol groups is 1. The third-order valence-corrected chi connectivity index (χ3v) is 17.1. The van der Waals surface area contributed by atoms with E-state index in [0.29, 0.717) is 72.5 Å². The van der Waals surface area contributed by atoms with E-state index in [0.717, 1.165) is 81.6 Å². The van der Waals surface area contributed by atoms with E-state index < -0.39 is 0 Å². The first-order valence-corrected chi connectivity index (χ1v) is 32.9. The van der Waals surface area contributed by atoms with Crippen LogP contribution in [0.3, 0.4) is 0 Å². The number of pyridine rings is 5. The van der Waals surface area contributed by atoms with Gasteiger partial charge in [0.2, 0.25) is 0 Å². The first-order valence-electron chi connectivity index (χ1n) is 30.1. The van der Waals surface area contributed by atoms with Gasteiger partial charge < -0.3 is 67.9 Å². The summed E-state index contributed by atoms with van der Waals surface area (Å²) in [5.74, 6) is 8.60. The van der Waals surface area contributed by atoms with Gasteiger partial charge in [-0.1, -0.05) is 85.0 Å². The van der Waals surface area contributed by atoms with Gasteiger partial charge in [0.15, 0.2) is 11.6 Å². The molecular weight excluding hydrogens is 1320 g/mol. The van der Waals surface area contributed by atoms with Gasteiger partial charge in [0.05, 0.1) is 32.7 Å². The number of nitrogen functional groups attached to an aromatic ring is 5. The zero-order valence-electron chi connectivity index (χ0n) is 49.9. The van der Waals surface area contributed by atoms with E-state index in [-0.39, 0.29) is 18.9 Å². The number of nitrogens with zero attached hydrogens (tertiary/aromatic N) is 7. The van der Waals surface area contributed by atoms with Crippen molar-refractivity contribution in [2.45, 2.75) is 161 Å². The molecule has 0 amide bonds. The molecule has 20 nitrogen and oxygen atoms in total. The van der Waals surface area contributed by atoms with Crippen molar-refractivity contribution in [2.24, 2.45) is 28.0 Å². The van der Waals surface area contributed by atoms with E-state index in [1.807, 2.05) is 6.07 Å². The maximum absolute atomic E-state index is 10.4. The predicted molar refractivity (Wildman–Crippen MR) is 367 cm³/mol. The average Bonchev–Trinajstić information content (AvgIpc) is 4.54. The second-order valence-corrected chi connectivity index (χ2v) is 24.7. The first kappa shape index (κ1) is 75.9. The van der Waals surface area contributed by atoms with Crippen molar-refractivity contribution in [3.8, 4) is 29.2 Å². The molecule has 4 saturated carbocycles. The molecule has 5 aromatic heterocycles. The van der Waals surface area contributed by atoms with Crippen molar-refractivity contribution in [3.05, 3.63) is 97.1 Å². The summed E-state index contributed by atoms with van der Waals surface area (Å²) >= 11 is 13.3. The fourth-order valence-electron chi connectivity index (χ4n) is 10.4. The van der Waals surface area contributed by atoms with Crippen LogP contribution < -0.4 is 58.4 Å². The second-order valence-electron chi connectivity index (χ2n) is 21.9. The summed E-state index contributed by atoms with van der Waals surface area (Å²) in [4.78, 5) is 30.6. The van der Waals surface area contributed by atoms with Gasteiger partial charge >= 0.3 is 24.8 Å². The molecule has 87 heavy (non-hydrogen) atoms. The third kappa shape index (κ3) is 32.1. The number of rotatable bonds is 14. The summed E-state index contributed by atoms with van der Waals surface area (Å²) in [6.07, 6.45) is 38.0. The molecule has 2 aliphatic heterocycles. The van der Waals surface area contributed by atoms with Crippen LogP contribution in [-0.2, 0) is 0 Å². The molecule has 25 heteroatoms. The van der Waals surface area contributed by atoms with Crippen molar-refractivity contribution >= 4 is 97.3 Å². The molecule has 7 heterocycles. The van der Waals surface area contributed by atoms with E-state index in [1.165, 1.54) is 140 Å². The zero-order valence-corrected chi connectivity index (χ0v) is 55.5. The Hall–Kier alpha value is -5.39. The van der Waals surface area contributed by atoms with Crippen LogP contribution in [0.2, 0.25) is 0 Å². The van der Waals surface area contributed by atoms with Gasteiger partial charge in [0.1, 0.15) is 65.3 Å². The van der Waals surface area contributed by atoms with E-state index in [4.69, 9.17) is 58.0 Å². The molecule has 2 saturated heterocycles. The van der Waals surface area contributed by atoms with Crippen molar-refractivity contribution in [1.82, 2.24) is 35.1 Å². The molecule has 0 spiro atoms. The Kier molecular flexibility index (Phi) is 39.2. The predicted octanol–water partition coefficient (Wildman–Crippen LogP) is 13.1. The SMILES string of the molecule is C.CCC1CCCC1.N#CN1CCC[C@H]1COc1cc(N)ncc1Br.Nc1cc(=O)cc[nH]1.Nc1cc(OCC2CCCC2)c(Br)cn1.Nc1cc(OCC2CCCC2)ccn1.Nc1cc(OC[C@@H]2CCCN2)c(Br)cn1.OCC1CCCC1.[B]=NS. The van der Waals surface area contributed by atoms with Crippen LogP contribution in [0.4, 0.5) is 29.1 Å². The monoisotopic (exact) mass is 1410 g/mol. The summed E-state index contributed by atoms with van der Waals surface area (Å²) in [5, 5.41) is 20.9. The molecule has 6 aliphatic rings. The molecule has 5 aromatic rings. The fourth-order valence-corrected chi connectivity index (χ4v) is 11.4. The van der Waals surface area contributed by atoms with E-state index >= 15 is 0 Å². The number of H-pyrrole nitrogens is 1. The van der Waals surface area contributed by atoms with Crippen LogP contribution in [-0.4, -0.2) is 101 Å². The van der Waals surface area contributed by atoms with Crippen molar-refractivity contribution < 1.29 is 24.1 Å². The zero-order chi connectivity index (χ0) is 62.3. The maximum atomic E-state index is 10.4. The number of nitrogens with two attached hydrogens (primary N) is 5. The molecule has 11 rings (SSSR count). The first-order chi connectivity index (χ1) is 41.6. The normalized spacial score (nSPS) is 17.7. The molecule has 479 valence electrons. The molecule has 0 aromatic carbocycles. The van der Waals surface area contributed by atoms with E-state index in [2.05, 4.69) is 116 Å². The number of nitrogens with one attached hydrogen (secondary N) is 2. The fraction of sp³-hybridized carbons (Fsp3) is 0.581. The van der Waals surface area contributed by atoms with Gasteiger partial charge in [-0.05, 0) is 148 Å². The van der Waals surface area contributed by atoms with Crippen LogP contribution >= 0.6 is 60.6 Å².